The summed E-state index contributed by atoms with van der Waals surface area (Å²) in [6.07, 6.45) is 0. The fourth-order valence-electron chi connectivity index (χ4n) is 1.87. The molecule has 0 saturated heterocycles. The molecule has 0 aliphatic carbocycles. The van der Waals surface area contributed by atoms with Gasteiger partial charge in [-0.15, -0.1) is 0 Å². The largest absolute Gasteiger partial charge is 0.248 e. The standard InChI is InChI=1S/C15H10IN/c16-13-7-9-15-12(10-13)6-8-14(17-15)11-4-2-1-3-5-11/h1-10H. The number of hydrogen-bond donors (Lipinski definition) is 0. The summed E-state index contributed by atoms with van der Waals surface area (Å²) in [5.74, 6) is 0. The lowest BCUT2D eigenvalue weighted by Crippen LogP contribution is -1.85. The van der Waals surface area contributed by atoms with Gasteiger partial charge in [-0.2, -0.15) is 0 Å². The molecule has 0 atom stereocenters. The normalized spacial score (nSPS) is 10.6. The zero-order valence-corrected chi connectivity index (χ0v) is 11.3. The zero-order chi connectivity index (χ0) is 11.7. The first-order valence-electron chi connectivity index (χ1n) is 5.45. The number of rotatable bonds is 1. The highest BCUT2D eigenvalue weighted by molar-refractivity contribution is 14.1. The van der Waals surface area contributed by atoms with Crippen molar-refractivity contribution in [3.05, 3.63) is 64.2 Å². The van der Waals surface area contributed by atoms with Gasteiger partial charge in [-0.1, -0.05) is 36.4 Å². The van der Waals surface area contributed by atoms with Crippen LogP contribution in [0.3, 0.4) is 0 Å². The van der Waals surface area contributed by atoms with E-state index in [9.17, 15) is 0 Å². The van der Waals surface area contributed by atoms with Crippen LogP contribution in [0, 0.1) is 3.57 Å². The molecule has 0 aliphatic rings. The first kappa shape index (κ1) is 10.7. The summed E-state index contributed by atoms with van der Waals surface area (Å²) in [5.41, 5.74) is 3.24. The van der Waals surface area contributed by atoms with Crippen molar-refractivity contribution < 1.29 is 0 Å². The summed E-state index contributed by atoms with van der Waals surface area (Å²) >= 11 is 2.32. The molecule has 0 unspecified atom stereocenters. The van der Waals surface area contributed by atoms with Gasteiger partial charge in [0.05, 0.1) is 11.2 Å². The highest BCUT2D eigenvalue weighted by Gasteiger charge is 2.00. The summed E-state index contributed by atoms with van der Waals surface area (Å²) < 4.78 is 1.24. The molecule has 2 aromatic carbocycles. The van der Waals surface area contributed by atoms with Gasteiger partial charge >= 0.3 is 0 Å². The molecule has 0 radical (unpaired) electrons. The van der Waals surface area contributed by atoms with Gasteiger partial charge in [0.15, 0.2) is 0 Å². The molecular formula is C15H10IN. The van der Waals surface area contributed by atoms with Crippen LogP contribution in [0.25, 0.3) is 22.2 Å². The number of nitrogens with zero attached hydrogens (tertiary/aromatic N) is 1. The van der Waals surface area contributed by atoms with Gasteiger partial charge < -0.3 is 0 Å². The molecular weight excluding hydrogens is 321 g/mol. The maximum Gasteiger partial charge on any atom is 0.0710 e. The minimum atomic E-state index is 1.03. The molecule has 0 spiro atoms. The first-order valence-corrected chi connectivity index (χ1v) is 6.52. The Kier molecular flexibility index (Phi) is 2.81. The van der Waals surface area contributed by atoms with E-state index in [1.807, 2.05) is 18.2 Å². The SMILES string of the molecule is Ic1ccc2nc(-c3ccccc3)ccc2c1. The monoisotopic (exact) mass is 331 g/mol. The average molecular weight is 331 g/mol. The van der Waals surface area contributed by atoms with E-state index in [0.717, 1.165) is 16.8 Å². The smallest absolute Gasteiger partial charge is 0.0710 e. The predicted molar refractivity (Wildman–Crippen MR) is 79.9 cm³/mol. The van der Waals surface area contributed by atoms with Crippen molar-refractivity contribution in [3.8, 4) is 11.3 Å². The quantitative estimate of drug-likeness (QED) is 0.598. The molecule has 1 nitrogen and oxygen atoms in total. The number of benzene rings is 2. The van der Waals surface area contributed by atoms with Crippen LogP contribution in [0.4, 0.5) is 0 Å². The fourth-order valence-corrected chi connectivity index (χ4v) is 2.38. The summed E-state index contributed by atoms with van der Waals surface area (Å²) in [7, 11) is 0. The van der Waals surface area contributed by atoms with Crippen LogP contribution in [-0.2, 0) is 0 Å². The van der Waals surface area contributed by atoms with Crippen LogP contribution in [0.1, 0.15) is 0 Å². The van der Waals surface area contributed by atoms with E-state index in [0.29, 0.717) is 0 Å². The fraction of sp³-hybridized carbons (Fsp3) is 0. The van der Waals surface area contributed by atoms with E-state index in [2.05, 4.69) is 70.0 Å². The van der Waals surface area contributed by atoms with Crippen molar-refractivity contribution in [2.45, 2.75) is 0 Å². The Hall–Kier alpha value is -1.42. The van der Waals surface area contributed by atoms with Crippen LogP contribution in [0.15, 0.2) is 60.7 Å². The molecule has 0 fully saturated rings. The van der Waals surface area contributed by atoms with Crippen LogP contribution in [0.2, 0.25) is 0 Å². The van der Waals surface area contributed by atoms with E-state index in [1.54, 1.807) is 0 Å². The summed E-state index contributed by atoms with van der Waals surface area (Å²) in [4.78, 5) is 4.68. The third-order valence-corrected chi connectivity index (χ3v) is 3.39. The van der Waals surface area contributed by atoms with E-state index < -0.39 is 0 Å². The molecule has 0 aliphatic heterocycles. The lowest BCUT2D eigenvalue weighted by Gasteiger charge is -2.03. The Bertz CT molecular complexity index is 662. The van der Waals surface area contributed by atoms with Crippen LogP contribution >= 0.6 is 22.6 Å². The Morgan fingerprint density at radius 2 is 1.65 bits per heavy atom. The minimum Gasteiger partial charge on any atom is -0.248 e. The number of fused-ring (bicyclic) bond motifs is 1. The Balaban J connectivity index is 2.17. The van der Waals surface area contributed by atoms with E-state index in [1.165, 1.54) is 8.96 Å². The second-order valence-corrected chi connectivity index (χ2v) is 5.15. The minimum absolute atomic E-state index is 1.03. The van der Waals surface area contributed by atoms with E-state index in [4.69, 9.17) is 0 Å². The molecule has 3 aromatic rings. The number of aromatic nitrogens is 1. The van der Waals surface area contributed by atoms with Crippen molar-refractivity contribution in [1.29, 1.82) is 0 Å². The molecule has 0 bridgehead atoms. The number of hydrogen-bond acceptors (Lipinski definition) is 1. The topological polar surface area (TPSA) is 12.9 Å². The molecule has 3 rings (SSSR count). The van der Waals surface area contributed by atoms with Crippen molar-refractivity contribution in [2.24, 2.45) is 0 Å². The van der Waals surface area contributed by atoms with Gasteiger partial charge in [0.2, 0.25) is 0 Å². The molecule has 0 saturated carbocycles. The number of halogens is 1. The zero-order valence-electron chi connectivity index (χ0n) is 9.10. The van der Waals surface area contributed by atoms with Gasteiger partial charge in [-0.25, -0.2) is 4.98 Å². The molecule has 0 N–H and O–H groups in total. The average Bonchev–Trinajstić information content (AvgIpc) is 2.39. The summed E-state index contributed by atoms with van der Waals surface area (Å²) in [5, 5.41) is 1.19. The Labute approximate surface area is 114 Å². The molecule has 17 heavy (non-hydrogen) atoms. The van der Waals surface area contributed by atoms with Crippen LogP contribution in [0.5, 0.6) is 0 Å². The van der Waals surface area contributed by atoms with Crippen molar-refractivity contribution in [1.82, 2.24) is 4.98 Å². The van der Waals surface area contributed by atoms with E-state index >= 15 is 0 Å². The lowest BCUT2D eigenvalue weighted by atomic mass is 10.1. The predicted octanol–water partition coefficient (Wildman–Crippen LogP) is 4.51. The highest BCUT2D eigenvalue weighted by atomic mass is 127. The maximum absolute atomic E-state index is 4.68. The van der Waals surface area contributed by atoms with Crippen LogP contribution in [-0.4, -0.2) is 4.98 Å². The first-order chi connectivity index (χ1) is 8.33. The van der Waals surface area contributed by atoms with Crippen LogP contribution < -0.4 is 0 Å². The van der Waals surface area contributed by atoms with E-state index in [-0.39, 0.29) is 0 Å². The Morgan fingerprint density at radius 1 is 0.824 bits per heavy atom. The molecule has 82 valence electrons. The van der Waals surface area contributed by atoms with Gasteiger partial charge in [-0.3, -0.25) is 0 Å². The lowest BCUT2D eigenvalue weighted by molar-refractivity contribution is 1.40. The van der Waals surface area contributed by atoms with Gasteiger partial charge in [0, 0.05) is 14.5 Å². The van der Waals surface area contributed by atoms with Crippen molar-refractivity contribution in [2.75, 3.05) is 0 Å². The summed E-state index contributed by atoms with van der Waals surface area (Å²) in [6.45, 7) is 0. The highest BCUT2D eigenvalue weighted by Crippen LogP contribution is 2.21. The molecule has 1 heterocycles. The molecule has 0 amide bonds. The molecule has 2 heteroatoms. The van der Waals surface area contributed by atoms with Crippen molar-refractivity contribution in [3.63, 3.8) is 0 Å². The Morgan fingerprint density at radius 3 is 2.47 bits per heavy atom. The van der Waals surface area contributed by atoms with Gasteiger partial charge in [0.25, 0.3) is 0 Å². The summed E-state index contributed by atoms with van der Waals surface area (Å²) in [6, 6.07) is 20.8. The number of pyridine rings is 1. The third kappa shape index (κ3) is 2.17. The van der Waals surface area contributed by atoms with Gasteiger partial charge in [-0.05, 0) is 46.9 Å². The van der Waals surface area contributed by atoms with Gasteiger partial charge in [0.1, 0.15) is 0 Å². The second kappa shape index (κ2) is 4.45. The van der Waals surface area contributed by atoms with Crippen molar-refractivity contribution >= 4 is 33.5 Å². The third-order valence-electron chi connectivity index (χ3n) is 2.72. The molecule has 1 aromatic heterocycles. The maximum atomic E-state index is 4.68. The second-order valence-electron chi connectivity index (χ2n) is 3.90.